The van der Waals surface area contributed by atoms with Crippen LogP contribution in [0.5, 0.6) is 0 Å². The van der Waals surface area contributed by atoms with Gasteiger partial charge < -0.3 is 16.0 Å². The van der Waals surface area contributed by atoms with Crippen molar-refractivity contribution in [2.75, 3.05) is 25.0 Å². The molecule has 6 nitrogen and oxygen atoms in total. The zero-order chi connectivity index (χ0) is 14.8. The standard InChI is InChI=1S/C13H20N4O2S/c1-2-3-8-15-13(20)16-10-9-14-11-6-4-5-7-12(11)17(18)19/h4-7,14H,2-3,8-10H2,1H3,(H2,15,16,20). The van der Waals surface area contributed by atoms with E-state index >= 15 is 0 Å². The van der Waals surface area contributed by atoms with Gasteiger partial charge in [0.15, 0.2) is 5.11 Å². The number of thiocarbonyl (C=S) groups is 1. The van der Waals surface area contributed by atoms with E-state index in [-0.39, 0.29) is 5.69 Å². The highest BCUT2D eigenvalue weighted by Crippen LogP contribution is 2.22. The lowest BCUT2D eigenvalue weighted by molar-refractivity contribution is -0.384. The molecule has 20 heavy (non-hydrogen) atoms. The summed E-state index contributed by atoms with van der Waals surface area (Å²) in [6.45, 7) is 4.14. The normalized spacial score (nSPS) is 9.85. The molecule has 0 saturated carbocycles. The minimum atomic E-state index is -0.396. The van der Waals surface area contributed by atoms with Crippen LogP contribution in [0.4, 0.5) is 11.4 Å². The monoisotopic (exact) mass is 296 g/mol. The van der Waals surface area contributed by atoms with E-state index in [0.717, 1.165) is 19.4 Å². The largest absolute Gasteiger partial charge is 0.378 e. The fraction of sp³-hybridized carbons (Fsp3) is 0.462. The van der Waals surface area contributed by atoms with E-state index < -0.39 is 4.92 Å². The van der Waals surface area contributed by atoms with Gasteiger partial charge in [-0.05, 0) is 24.7 Å². The fourth-order valence-corrected chi connectivity index (χ4v) is 1.80. The number of nitrogens with one attached hydrogen (secondary N) is 3. The lowest BCUT2D eigenvalue weighted by atomic mass is 10.2. The summed E-state index contributed by atoms with van der Waals surface area (Å²) >= 11 is 5.11. The zero-order valence-corrected chi connectivity index (χ0v) is 12.3. The smallest absolute Gasteiger partial charge is 0.292 e. The predicted molar refractivity (Wildman–Crippen MR) is 85.1 cm³/mol. The van der Waals surface area contributed by atoms with Crippen LogP contribution >= 0.6 is 12.2 Å². The van der Waals surface area contributed by atoms with Gasteiger partial charge >= 0.3 is 0 Å². The molecular weight excluding hydrogens is 276 g/mol. The first-order valence-electron chi connectivity index (χ1n) is 6.64. The second-order valence-corrected chi connectivity index (χ2v) is 4.65. The summed E-state index contributed by atoms with van der Waals surface area (Å²) in [6.07, 6.45) is 2.20. The van der Waals surface area contributed by atoms with Crippen molar-refractivity contribution >= 4 is 28.7 Å². The second kappa shape index (κ2) is 9.08. The zero-order valence-electron chi connectivity index (χ0n) is 11.5. The van der Waals surface area contributed by atoms with Crippen LogP contribution in [-0.4, -0.2) is 29.7 Å². The van der Waals surface area contributed by atoms with E-state index in [2.05, 4.69) is 22.9 Å². The third kappa shape index (κ3) is 5.83. The second-order valence-electron chi connectivity index (χ2n) is 4.24. The summed E-state index contributed by atoms with van der Waals surface area (Å²) in [4.78, 5) is 10.4. The molecule has 3 N–H and O–H groups in total. The molecule has 0 unspecified atom stereocenters. The number of benzene rings is 1. The Hall–Kier alpha value is -1.89. The first-order valence-corrected chi connectivity index (χ1v) is 7.05. The molecule has 0 aliphatic rings. The number of nitrogens with zero attached hydrogens (tertiary/aromatic N) is 1. The van der Waals surface area contributed by atoms with Crippen molar-refractivity contribution in [2.45, 2.75) is 19.8 Å². The first kappa shape index (κ1) is 16.2. The van der Waals surface area contributed by atoms with E-state index in [9.17, 15) is 10.1 Å². The minimum absolute atomic E-state index is 0.0798. The van der Waals surface area contributed by atoms with Gasteiger partial charge in [0.2, 0.25) is 0 Å². The van der Waals surface area contributed by atoms with Crippen LogP contribution in [0.15, 0.2) is 24.3 Å². The number of unbranched alkanes of at least 4 members (excludes halogenated alkanes) is 1. The van der Waals surface area contributed by atoms with E-state index in [0.29, 0.717) is 23.9 Å². The van der Waals surface area contributed by atoms with Crippen LogP contribution in [0.3, 0.4) is 0 Å². The van der Waals surface area contributed by atoms with Crippen molar-refractivity contribution < 1.29 is 4.92 Å². The quantitative estimate of drug-likeness (QED) is 0.295. The maximum atomic E-state index is 10.8. The molecule has 0 amide bonds. The summed E-state index contributed by atoms with van der Waals surface area (Å²) in [5.74, 6) is 0. The Bertz CT molecular complexity index is 454. The highest BCUT2D eigenvalue weighted by atomic mass is 32.1. The minimum Gasteiger partial charge on any atom is -0.378 e. The number of nitro benzene ring substituents is 1. The Morgan fingerprint density at radius 2 is 1.95 bits per heavy atom. The SMILES string of the molecule is CCCCNC(=S)NCCNc1ccccc1[N+](=O)[O-]. The number of para-hydroxylation sites is 2. The van der Waals surface area contributed by atoms with Crippen LogP contribution in [0, 0.1) is 10.1 Å². The lowest BCUT2D eigenvalue weighted by Gasteiger charge is -2.11. The van der Waals surface area contributed by atoms with Crippen molar-refractivity contribution in [3.63, 3.8) is 0 Å². The molecule has 7 heteroatoms. The summed E-state index contributed by atoms with van der Waals surface area (Å²) in [5, 5.41) is 20.6. The molecule has 0 bridgehead atoms. The number of anilines is 1. The van der Waals surface area contributed by atoms with E-state index in [1.165, 1.54) is 6.07 Å². The highest BCUT2D eigenvalue weighted by Gasteiger charge is 2.10. The topological polar surface area (TPSA) is 79.2 Å². The van der Waals surface area contributed by atoms with Crippen molar-refractivity contribution in [3.8, 4) is 0 Å². The van der Waals surface area contributed by atoms with Gasteiger partial charge in [0, 0.05) is 25.7 Å². The Morgan fingerprint density at radius 1 is 1.25 bits per heavy atom. The van der Waals surface area contributed by atoms with Gasteiger partial charge in [0.25, 0.3) is 5.69 Å². The van der Waals surface area contributed by atoms with Crippen molar-refractivity contribution in [1.29, 1.82) is 0 Å². The fourth-order valence-electron chi connectivity index (χ4n) is 1.60. The molecule has 0 aliphatic heterocycles. The third-order valence-electron chi connectivity index (χ3n) is 2.64. The average Bonchev–Trinajstić information content (AvgIpc) is 2.44. The van der Waals surface area contributed by atoms with Crippen LogP contribution in [0.2, 0.25) is 0 Å². The summed E-state index contributed by atoms with van der Waals surface area (Å²) < 4.78 is 0. The van der Waals surface area contributed by atoms with E-state index in [4.69, 9.17) is 12.2 Å². The van der Waals surface area contributed by atoms with Crippen LogP contribution < -0.4 is 16.0 Å². The van der Waals surface area contributed by atoms with Crippen LogP contribution in [0.1, 0.15) is 19.8 Å². The summed E-state index contributed by atoms with van der Waals surface area (Å²) in [6, 6.07) is 6.58. The van der Waals surface area contributed by atoms with E-state index in [1.54, 1.807) is 18.2 Å². The molecular formula is C13H20N4O2S. The summed E-state index contributed by atoms with van der Waals surface area (Å²) in [7, 11) is 0. The summed E-state index contributed by atoms with van der Waals surface area (Å²) in [5.41, 5.74) is 0.598. The average molecular weight is 296 g/mol. The molecule has 0 spiro atoms. The molecule has 0 saturated heterocycles. The Balaban J connectivity index is 2.28. The maximum absolute atomic E-state index is 10.8. The van der Waals surface area contributed by atoms with Gasteiger partial charge in [-0.15, -0.1) is 0 Å². The third-order valence-corrected chi connectivity index (χ3v) is 2.93. The van der Waals surface area contributed by atoms with E-state index in [1.807, 2.05) is 0 Å². The molecule has 0 atom stereocenters. The molecule has 110 valence electrons. The highest BCUT2D eigenvalue weighted by molar-refractivity contribution is 7.80. The molecule has 1 aromatic carbocycles. The van der Waals surface area contributed by atoms with Crippen molar-refractivity contribution in [1.82, 2.24) is 10.6 Å². The molecule has 0 heterocycles. The Morgan fingerprint density at radius 3 is 2.65 bits per heavy atom. The molecule has 0 fully saturated rings. The van der Waals surface area contributed by atoms with Crippen LogP contribution in [-0.2, 0) is 0 Å². The van der Waals surface area contributed by atoms with Gasteiger partial charge in [-0.1, -0.05) is 25.5 Å². The number of rotatable bonds is 8. The molecule has 0 radical (unpaired) electrons. The van der Waals surface area contributed by atoms with Gasteiger partial charge in [-0.3, -0.25) is 10.1 Å². The maximum Gasteiger partial charge on any atom is 0.292 e. The lowest BCUT2D eigenvalue weighted by Crippen LogP contribution is -2.38. The number of nitro groups is 1. The first-order chi connectivity index (χ1) is 9.65. The molecule has 1 rings (SSSR count). The number of hydrogen-bond donors (Lipinski definition) is 3. The van der Waals surface area contributed by atoms with Gasteiger partial charge in [-0.2, -0.15) is 0 Å². The Kier molecular flexibility index (Phi) is 7.34. The predicted octanol–water partition coefficient (Wildman–Crippen LogP) is 2.27. The molecule has 1 aromatic rings. The van der Waals surface area contributed by atoms with Gasteiger partial charge in [0.1, 0.15) is 5.69 Å². The van der Waals surface area contributed by atoms with Crippen molar-refractivity contribution in [3.05, 3.63) is 34.4 Å². The number of hydrogen-bond acceptors (Lipinski definition) is 4. The van der Waals surface area contributed by atoms with Gasteiger partial charge in [0.05, 0.1) is 4.92 Å². The van der Waals surface area contributed by atoms with Crippen LogP contribution in [0.25, 0.3) is 0 Å². The molecule has 0 aromatic heterocycles. The Labute approximate surface area is 124 Å². The van der Waals surface area contributed by atoms with Crippen molar-refractivity contribution in [2.24, 2.45) is 0 Å². The molecule has 0 aliphatic carbocycles. The van der Waals surface area contributed by atoms with Gasteiger partial charge in [-0.25, -0.2) is 0 Å².